The van der Waals surface area contributed by atoms with Gasteiger partial charge in [-0.2, -0.15) is 4.72 Å². The zero-order chi connectivity index (χ0) is 17.1. The van der Waals surface area contributed by atoms with Crippen LogP contribution in [0.3, 0.4) is 0 Å². The molecule has 7 heteroatoms. The van der Waals surface area contributed by atoms with Crippen molar-refractivity contribution in [3.8, 4) is 5.75 Å². The third-order valence-corrected chi connectivity index (χ3v) is 4.83. The van der Waals surface area contributed by atoms with Gasteiger partial charge in [-0.15, -0.1) is 0 Å². The molecule has 0 amide bonds. The molecule has 0 aliphatic rings. The first kappa shape index (κ1) is 18.4. The fourth-order valence-electron chi connectivity index (χ4n) is 2.33. The second-order valence-corrected chi connectivity index (χ2v) is 7.41. The largest absolute Gasteiger partial charge is 0.495 e. The zero-order valence-corrected chi connectivity index (χ0v) is 14.3. The molecule has 0 aliphatic heterocycles. The van der Waals surface area contributed by atoms with E-state index >= 15 is 0 Å². The molecule has 0 heterocycles. The molecule has 0 saturated heterocycles. The van der Waals surface area contributed by atoms with Gasteiger partial charge in [-0.05, 0) is 43.4 Å². The van der Waals surface area contributed by atoms with Crippen molar-refractivity contribution in [1.82, 2.24) is 4.72 Å². The quantitative estimate of drug-likeness (QED) is 0.799. The maximum Gasteiger partial charge on any atom is 0.321 e. The third-order valence-electron chi connectivity index (χ3n) is 3.18. The van der Waals surface area contributed by atoms with Crippen molar-refractivity contribution in [2.45, 2.75) is 45.1 Å². The normalized spacial score (nSPS) is 13.2. The summed E-state index contributed by atoms with van der Waals surface area (Å²) in [5.41, 5.74) is 1.38. The number of nitrogens with one attached hydrogen (secondary N) is 1. The lowest BCUT2D eigenvalue weighted by molar-refractivity contribution is -0.139. The first-order valence-corrected chi connectivity index (χ1v) is 8.47. The van der Waals surface area contributed by atoms with Crippen LogP contribution in [0.1, 0.15) is 31.4 Å². The lowest BCUT2D eigenvalue weighted by Gasteiger charge is -2.19. The van der Waals surface area contributed by atoms with Gasteiger partial charge in [0.1, 0.15) is 16.7 Å². The summed E-state index contributed by atoms with van der Waals surface area (Å²) in [7, 11) is -2.61. The highest BCUT2D eigenvalue weighted by molar-refractivity contribution is 7.89. The van der Waals surface area contributed by atoms with E-state index < -0.39 is 22.0 Å². The maximum absolute atomic E-state index is 12.6. The molecule has 0 unspecified atom stereocenters. The highest BCUT2D eigenvalue weighted by Gasteiger charge is 2.29. The van der Waals surface area contributed by atoms with Gasteiger partial charge < -0.3 is 9.84 Å². The summed E-state index contributed by atoms with van der Waals surface area (Å²) in [6.45, 7) is 7.16. The number of carboxylic acids is 1. The monoisotopic (exact) mass is 329 g/mol. The second kappa shape index (κ2) is 7.11. The number of hydrogen-bond donors (Lipinski definition) is 2. The molecule has 1 aromatic rings. The Morgan fingerprint density at radius 1 is 1.32 bits per heavy atom. The van der Waals surface area contributed by atoms with Crippen molar-refractivity contribution in [1.29, 1.82) is 0 Å². The highest BCUT2D eigenvalue weighted by atomic mass is 32.2. The minimum absolute atomic E-state index is 0.0180. The molecule has 0 saturated carbocycles. The number of carboxylic acid groups (broad SMARTS) is 1. The fraction of sp³-hybridized carbons (Fsp3) is 0.533. The molecule has 22 heavy (non-hydrogen) atoms. The Labute approximate surface area is 131 Å². The SMILES string of the molecule is COc1cc(C)cc(C)c1S(=O)(=O)N[C@H](CC(C)C)C(=O)O. The summed E-state index contributed by atoms with van der Waals surface area (Å²) in [6.07, 6.45) is 0.210. The molecule has 1 rings (SSSR count). The predicted molar refractivity (Wildman–Crippen MR) is 83.7 cm³/mol. The van der Waals surface area contributed by atoms with Crippen LogP contribution < -0.4 is 9.46 Å². The van der Waals surface area contributed by atoms with Gasteiger partial charge in [-0.1, -0.05) is 19.9 Å². The third kappa shape index (κ3) is 4.45. The molecule has 124 valence electrons. The topological polar surface area (TPSA) is 92.7 Å². The molecule has 2 N–H and O–H groups in total. The first-order chi connectivity index (χ1) is 10.1. The Balaban J connectivity index is 3.27. The number of benzene rings is 1. The van der Waals surface area contributed by atoms with Crippen LogP contribution in [0.25, 0.3) is 0 Å². The summed E-state index contributed by atoms with van der Waals surface area (Å²) in [5.74, 6) is -0.940. The molecule has 0 bridgehead atoms. The Bertz CT molecular complexity index is 652. The summed E-state index contributed by atoms with van der Waals surface area (Å²) in [5, 5.41) is 9.21. The van der Waals surface area contributed by atoms with E-state index in [2.05, 4.69) is 4.72 Å². The van der Waals surface area contributed by atoms with E-state index in [-0.39, 0.29) is 23.0 Å². The van der Waals surface area contributed by atoms with Gasteiger partial charge in [0.2, 0.25) is 10.0 Å². The molecular weight excluding hydrogens is 306 g/mol. The average molecular weight is 329 g/mol. The van der Waals surface area contributed by atoms with E-state index in [1.165, 1.54) is 7.11 Å². The molecule has 0 spiro atoms. The van der Waals surface area contributed by atoms with Crippen LogP contribution in [0.15, 0.2) is 17.0 Å². The molecule has 6 nitrogen and oxygen atoms in total. The molecule has 0 fully saturated rings. The van der Waals surface area contributed by atoms with E-state index in [0.29, 0.717) is 5.56 Å². The molecule has 0 aliphatic carbocycles. The van der Waals surface area contributed by atoms with Crippen molar-refractivity contribution in [2.75, 3.05) is 7.11 Å². The summed E-state index contributed by atoms with van der Waals surface area (Å²) < 4.78 is 32.6. The summed E-state index contributed by atoms with van der Waals surface area (Å²) >= 11 is 0. The van der Waals surface area contributed by atoms with Crippen LogP contribution in [0.5, 0.6) is 5.75 Å². The van der Waals surface area contributed by atoms with Crippen LogP contribution >= 0.6 is 0 Å². The number of methoxy groups -OCH3 is 1. The minimum Gasteiger partial charge on any atom is -0.495 e. The smallest absolute Gasteiger partial charge is 0.321 e. The predicted octanol–water partition coefficient (Wildman–Crippen LogP) is 2.09. The van der Waals surface area contributed by atoms with Gasteiger partial charge in [0, 0.05) is 0 Å². The van der Waals surface area contributed by atoms with E-state index in [0.717, 1.165) is 5.56 Å². The number of sulfonamides is 1. The maximum atomic E-state index is 12.6. The van der Waals surface area contributed by atoms with Crippen molar-refractivity contribution < 1.29 is 23.1 Å². The Morgan fingerprint density at radius 2 is 1.91 bits per heavy atom. The van der Waals surface area contributed by atoms with Gasteiger partial charge >= 0.3 is 5.97 Å². The van der Waals surface area contributed by atoms with Gasteiger partial charge in [0.05, 0.1) is 7.11 Å². The summed E-state index contributed by atoms with van der Waals surface area (Å²) in [6, 6.07) is 2.16. The molecule has 0 radical (unpaired) electrons. The van der Waals surface area contributed by atoms with Crippen LogP contribution in [-0.2, 0) is 14.8 Å². The number of aliphatic carboxylic acids is 1. The van der Waals surface area contributed by atoms with E-state index in [4.69, 9.17) is 4.74 Å². The van der Waals surface area contributed by atoms with E-state index in [9.17, 15) is 18.3 Å². The minimum atomic E-state index is -4.00. The van der Waals surface area contributed by atoms with Crippen LogP contribution in [0.4, 0.5) is 0 Å². The van der Waals surface area contributed by atoms with E-state index in [1.54, 1.807) is 19.1 Å². The first-order valence-electron chi connectivity index (χ1n) is 6.98. The van der Waals surface area contributed by atoms with Gasteiger partial charge in [-0.3, -0.25) is 4.79 Å². The number of ether oxygens (including phenoxy) is 1. The van der Waals surface area contributed by atoms with Gasteiger partial charge in [0.15, 0.2) is 0 Å². The van der Waals surface area contributed by atoms with E-state index in [1.807, 2.05) is 20.8 Å². The lowest BCUT2D eigenvalue weighted by Crippen LogP contribution is -2.41. The Kier molecular flexibility index (Phi) is 5.96. The lowest BCUT2D eigenvalue weighted by atomic mass is 10.1. The van der Waals surface area contributed by atoms with Crippen molar-refractivity contribution >= 4 is 16.0 Å². The van der Waals surface area contributed by atoms with Crippen LogP contribution in [0, 0.1) is 19.8 Å². The fourth-order valence-corrected chi connectivity index (χ4v) is 3.91. The number of carbonyl (C=O) groups is 1. The van der Waals surface area contributed by atoms with Gasteiger partial charge in [0.25, 0.3) is 0 Å². The van der Waals surface area contributed by atoms with Crippen molar-refractivity contribution in [2.24, 2.45) is 5.92 Å². The van der Waals surface area contributed by atoms with Crippen molar-refractivity contribution in [3.05, 3.63) is 23.3 Å². The number of hydrogen-bond acceptors (Lipinski definition) is 4. The molecular formula is C15H23NO5S. The molecule has 0 aromatic heterocycles. The number of aryl methyl sites for hydroxylation is 2. The summed E-state index contributed by atoms with van der Waals surface area (Å²) in [4.78, 5) is 11.3. The van der Waals surface area contributed by atoms with Crippen LogP contribution in [0.2, 0.25) is 0 Å². The average Bonchev–Trinajstić information content (AvgIpc) is 2.35. The second-order valence-electron chi connectivity index (χ2n) is 5.75. The molecule has 1 atom stereocenters. The van der Waals surface area contributed by atoms with Crippen LogP contribution in [-0.4, -0.2) is 32.6 Å². The van der Waals surface area contributed by atoms with Gasteiger partial charge in [-0.25, -0.2) is 8.42 Å². The Morgan fingerprint density at radius 3 is 2.36 bits per heavy atom. The molecule has 1 aromatic carbocycles. The highest BCUT2D eigenvalue weighted by Crippen LogP contribution is 2.29. The zero-order valence-electron chi connectivity index (χ0n) is 13.5. The van der Waals surface area contributed by atoms with Crippen molar-refractivity contribution in [3.63, 3.8) is 0 Å². The standard InChI is InChI=1S/C15H23NO5S/c1-9(2)6-12(15(17)18)16-22(19,20)14-11(4)7-10(3)8-13(14)21-5/h7-9,12,16H,6H2,1-5H3,(H,17,18)/t12-/m1/s1. The number of rotatable bonds is 7. The Hall–Kier alpha value is -1.60.